The van der Waals surface area contributed by atoms with E-state index in [1.54, 1.807) is 41.3 Å². The molecule has 0 spiro atoms. The zero-order valence-corrected chi connectivity index (χ0v) is 40.3. The average molecular weight is 964 g/mol. The van der Waals surface area contributed by atoms with Crippen molar-refractivity contribution in [3.8, 4) is 17.2 Å². The van der Waals surface area contributed by atoms with Crippen molar-refractivity contribution in [2.24, 2.45) is 22.9 Å². The summed E-state index contributed by atoms with van der Waals surface area (Å²) >= 11 is 0. The summed E-state index contributed by atoms with van der Waals surface area (Å²) < 4.78 is 35.8. The lowest BCUT2D eigenvalue weighted by Gasteiger charge is -2.60. The summed E-state index contributed by atoms with van der Waals surface area (Å²) in [5, 5.41) is 36.5. The maximum Gasteiger partial charge on any atom is 0.269 e. The van der Waals surface area contributed by atoms with Crippen LogP contribution in [0, 0.1) is 47.5 Å². The molecule has 1 fully saturated rings. The number of aryl methyl sites for hydroxylation is 2. The number of fused-ring (bicyclic) bond motifs is 2. The van der Waals surface area contributed by atoms with Crippen LogP contribution < -0.4 is 9.47 Å². The standard InChI is InChI=1S/C58H62FN3O9/c1-4-32-68-58-54(61(37-42-17-22-45(59)23-18-42)55(65)29-21-41-19-24-46(25-20-41)62(66)67)36-52(60-69-38-43-12-6-5-7-13-43)50-34-44(14-8-10-30-63)49(15-9-11-31-64)56(57(50)58)51-35-48(27-28-53(51)71-58)70-47-26-16-39(2)40(3)33-47/h4-7,12-13,16-29,33-35,44,49,54,56-57,63-64H,1,8-11,14-15,30-32,36-38H2,2-3H3/t44-,49+,54-,56+,57+,58+/m0/s1. The Balaban J connectivity index is 1.34. The molecule has 0 bridgehead atoms. The number of unbranched alkanes of at least 4 members (excludes halogenated alkanes) is 2. The van der Waals surface area contributed by atoms with Gasteiger partial charge in [0.2, 0.25) is 11.7 Å². The molecular weight excluding hydrogens is 902 g/mol. The van der Waals surface area contributed by atoms with E-state index in [9.17, 15) is 24.7 Å². The largest absolute Gasteiger partial charge is 0.459 e. The van der Waals surface area contributed by atoms with E-state index in [4.69, 9.17) is 24.2 Å². The van der Waals surface area contributed by atoms with Crippen LogP contribution in [0.25, 0.3) is 6.08 Å². The van der Waals surface area contributed by atoms with Gasteiger partial charge >= 0.3 is 0 Å². The number of amides is 1. The maximum atomic E-state index is 15.2. The molecule has 13 heteroatoms. The van der Waals surface area contributed by atoms with Crippen LogP contribution in [0.15, 0.2) is 151 Å². The van der Waals surface area contributed by atoms with Crippen LogP contribution >= 0.6 is 0 Å². The highest BCUT2D eigenvalue weighted by Crippen LogP contribution is 2.62. The fourth-order valence-electron chi connectivity index (χ4n) is 10.5. The Kier molecular flexibility index (Phi) is 16.6. The number of hydrogen-bond acceptors (Lipinski definition) is 10. The Labute approximate surface area is 414 Å². The van der Waals surface area contributed by atoms with E-state index in [0.29, 0.717) is 46.9 Å². The first-order chi connectivity index (χ1) is 34.5. The molecule has 12 nitrogen and oxygen atoms in total. The van der Waals surface area contributed by atoms with E-state index in [-0.39, 0.29) is 62.8 Å². The van der Waals surface area contributed by atoms with Gasteiger partial charge in [0.25, 0.3) is 5.69 Å². The second-order valence-electron chi connectivity index (χ2n) is 18.7. The average Bonchev–Trinajstić information content (AvgIpc) is 3.37. The Morgan fingerprint density at radius 2 is 1.62 bits per heavy atom. The molecule has 0 radical (unpaired) electrons. The van der Waals surface area contributed by atoms with Gasteiger partial charge in [0.1, 0.15) is 35.7 Å². The molecule has 1 heterocycles. The molecule has 71 heavy (non-hydrogen) atoms. The first-order valence-electron chi connectivity index (χ1n) is 24.5. The van der Waals surface area contributed by atoms with Crippen LogP contribution in [-0.4, -0.2) is 63.3 Å². The van der Waals surface area contributed by atoms with Crippen LogP contribution in [0.5, 0.6) is 17.2 Å². The molecule has 3 aliphatic rings. The van der Waals surface area contributed by atoms with Crippen molar-refractivity contribution >= 4 is 23.4 Å². The summed E-state index contributed by atoms with van der Waals surface area (Å²) in [7, 11) is 0. The van der Waals surface area contributed by atoms with Gasteiger partial charge in [-0.3, -0.25) is 14.9 Å². The Hall–Kier alpha value is -6.93. The molecule has 1 aliphatic heterocycles. The van der Waals surface area contributed by atoms with Crippen LogP contribution in [-0.2, 0) is 27.5 Å². The molecule has 2 N–H and O–H groups in total. The number of carbonyl (C=O) groups excluding carboxylic acids is 1. The van der Waals surface area contributed by atoms with Crippen LogP contribution in [0.3, 0.4) is 0 Å². The Morgan fingerprint density at radius 3 is 2.32 bits per heavy atom. The second kappa shape index (κ2) is 23.3. The number of carbonyl (C=O) groups is 1. The number of oxime groups is 1. The van der Waals surface area contributed by atoms with Crippen molar-refractivity contribution in [2.45, 2.75) is 89.7 Å². The number of ether oxygens (including phenoxy) is 3. The summed E-state index contributed by atoms with van der Waals surface area (Å²) in [6.07, 6.45) is 11.4. The third kappa shape index (κ3) is 11.7. The van der Waals surface area contributed by atoms with Gasteiger partial charge in [0, 0.05) is 55.9 Å². The van der Waals surface area contributed by atoms with E-state index in [1.807, 2.05) is 67.6 Å². The Bertz CT molecular complexity index is 2740. The van der Waals surface area contributed by atoms with Gasteiger partial charge in [-0.2, -0.15) is 0 Å². The van der Waals surface area contributed by atoms with Crippen molar-refractivity contribution < 1.29 is 43.4 Å². The van der Waals surface area contributed by atoms with Gasteiger partial charge < -0.3 is 34.2 Å². The molecule has 6 atom stereocenters. The van der Waals surface area contributed by atoms with Crippen molar-refractivity contribution in [3.63, 3.8) is 0 Å². The predicted molar refractivity (Wildman–Crippen MR) is 271 cm³/mol. The van der Waals surface area contributed by atoms with Crippen molar-refractivity contribution in [3.05, 3.63) is 195 Å². The number of allylic oxidation sites excluding steroid dienone is 1. The number of aliphatic hydroxyl groups is 2. The maximum absolute atomic E-state index is 15.2. The monoisotopic (exact) mass is 963 g/mol. The van der Waals surface area contributed by atoms with E-state index >= 15 is 4.79 Å². The number of aliphatic hydroxyl groups excluding tert-OH is 2. The molecule has 1 saturated carbocycles. The van der Waals surface area contributed by atoms with Gasteiger partial charge in [0.05, 0.1) is 23.2 Å². The second-order valence-corrected chi connectivity index (χ2v) is 18.7. The van der Waals surface area contributed by atoms with Crippen molar-refractivity contribution in [2.75, 3.05) is 19.8 Å². The number of benzene rings is 5. The summed E-state index contributed by atoms with van der Waals surface area (Å²) in [6, 6.07) is 32.6. The predicted octanol–water partition coefficient (Wildman–Crippen LogP) is 11.7. The number of halogens is 1. The van der Waals surface area contributed by atoms with Gasteiger partial charge in [-0.05, 0) is 145 Å². The van der Waals surface area contributed by atoms with E-state index < -0.39 is 34.4 Å². The zero-order valence-electron chi connectivity index (χ0n) is 40.3. The summed E-state index contributed by atoms with van der Waals surface area (Å²) in [5.41, 5.74) is 6.71. The topological polar surface area (TPSA) is 153 Å². The fourth-order valence-corrected chi connectivity index (χ4v) is 10.5. The third-order valence-electron chi connectivity index (χ3n) is 14.1. The van der Waals surface area contributed by atoms with E-state index in [2.05, 4.69) is 25.6 Å². The molecule has 370 valence electrons. The molecule has 5 aromatic carbocycles. The van der Waals surface area contributed by atoms with Gasteiger partial charge in [-0.1, -0.05) is 78.7 Å². The normalized spacial score (nSPS) is 21.7. The van der Waals surface area contributed by atoms with Crippen molar-refractivity contribution in [1.82, 2.24) is 4.90 Å². The highest BCUT2D eigenvalue weighted by atomic mass is 19.1. The lowest BCUT2D eigenvalue weighted by Crippen LogP contribution is -2.70. The SMILES string of the molecule is C=CCO[C@@]12Oc3ccc(Oc4ccc(C)c(C)c4)cc3[C@H]3[C@H](CCCCO)[C@@H](CCCCO)C=C(C(=NOCc4ccccc4)C[C@@H]1N(Cc1ccc(F)cc1)C(=O)C=Cc1ccc([N+](=O)[O-])cc1)[C@H]32. The fraction of sp³-hybridized carbons (Fsp3) is 0.345. The lowest BCUT2D eigenvalue weighted by molar-refractivity contribution is -0.384. The number of non-ortho nitro benzene ring substituents is 1. The first-order valence-corrected chi connectivity index (χ1v) is 24.5. The van der Waals surface area contributed by atoms with Gasteiger partial charge in [-0.15, -0.1) is 6.58 Å². The molecular formula is C58H62FN3O9. The van der Waals surface area contributed by atoms with Gasteiger partial charge in [-0.25, -0.2) is 4.39 Å². The minimum atomic E-state index is -1.57. The molecule has 5 aromatic rings. The zero-order chi connectivity index (χ0) is 49.9. The lowest BCUT2D eigenvalue weighted by atomic mass is 9.55. The number of nitro benzene ring substituents is 1. The number of nitro groups is 1. The number of hydrogen-bond donors (Lipinski definition) is 2. The minimum absolute atomic E-state index is 0.00123. The van der Waals surface area contributed by atoms with E-state index in [0.717, 1.165) is 53.5 Å². The molecule has 1 amide bonds. The first kappa shape index (κ1) is 50.5. The molecule has 8 rings (SSSR count). The van der Waals surface area contributed by atoms with Gasteiger partial charge in [0.15, 0.2) is 0 Å². The van der Waals surface area contributed by atoms with Crippen LogP contribution in [0.2, 0.25) is 0 Å². The molecule has 0 saturated heterocycles. The minimum Gasteiger partial charge on any atom is -0.459 e. The molecule has 0 aromatic heterocycles. The van der Waals surface area contributed by atoms with Crippen LogP contribution in [0.4, 0.5) is 10.1 Å². The summed E-state index contributed by atoms with van der Waals surface area (Å²) in [4.78, 5) is 34.2. The third-order valence-corrected chi connectivity index (χ3v) is 14.1. The Morgan fingerprint density at radius 1 is 0.901 bits per heavy atom. The summed E-state index contributed by atoms with van der Waals surface area (Å²) in [5.74, 6) is -1.49. The highest BCUT2D eigenvalue weighted by molar-refractivity contribution is 6.03. The molecule has 0 unspecified atom stereocenters. The number of nitrogens with zero attached hydrogens (tertiary/aromatic N) is 3. The smallest absolute Gasteiger partial charge is 0.269 e. The number of rotatable bonds is 22. The van der Waals surface area contributed by atoms with Crippen molar-refractivity contribution in [1.29, 1.82) is 0 Å². The molecule has 2 aliphatic carbocycles. The van der Waals surface area contributed by atoms with E-state index in [1.165, 1.54) is 30.3 Å². The van der Waals surface area contributed by atoms with Crippen LogP contribution in [0.1, 0.15) is 84.2 Å². The summed E-state index contributed by atoms with van der Waals surface area (Å²) in [6.45, 7) is 8.53. The quantitative estimate of drug-likeness (QED) is 0.0227. The highest BCUT2D eigenvalue weighted by Gasteiger charge is 2.65.